The zero-order chi connectivity index (χ0) is 26.9. The number of amides is 2. The van der Waals surface area contributed by atoms with Crippen LogP contribution in [0.15, 0.2) is 36.4 Å². The van der Waals surface area contributed by atoms with E-state index in [1.165, 1.54) is 18.9 Å². The Labute approximate surface area is 229 Å². The van der Waals surface area contributed by atoms with Crippen LogP contribution in [-0.4, -0.2) is 61.6 Å². The SMILES string of the molecule is COCC1CCN(c2cc(C(=O)NSCCNC(C)=O)nc(Nc3ccccc3)c2C(=N)C2CCC2)CC1. The molecular formula is C28H38N6O3S. The molecule has 38 heavy (non-hydrogen) atoms. The number of methoxy groups -OCH3 is 1. The van der Waals surface area contributed by atoms with Crippen molar-refractivity contribution in [3.05, 3.63) is 47.7 Å². The maximum atomic E-state index is 13.2. The van der Waals surface area contributed by atoms with Crippen molar-refractivity contribution in [2.45, 2.75) is 39.0 Å². The van der Waals surface area contributed by atoms with E-state index in [1.807, 2.05) is 36.4 Å². The van der Waals surface area contributed by atoms with Gasteiger partial charge < -0.3 is 25.7 Å². The van der Waals surface area contributed by atoms with Gasteiger partial charge >= 0.3 is 0 Å². The summed E-state index contributed by atoms with van der Waals surface area (Å²) in [5, 5.41) is 15.3. The molecule has 0 spiro atoms. The van der Waals surface area contributed by atoms with Crippen molar-refractivity contribution < 1.29 is 14.3 Å². The molecule has 1 aliphatic carbocycles. The van der Waals surface area contributed by atoms with Crippen LogP contribution in [0.3, 0.4) is 0 Å². The van der Waals surface area contributed by atoms with E-state index in [9.17, 15) is 9.59 Å². The average Bonchev–Trinajstić information content (AvgIpc) is 2.88. The number of hydrogen-bond donors (Lipinski definition) is 4. The molecule has 2 aromatic rings. The third-order valence-corrected chi connectivity index (χ3v) is 7.89. The van der Waals surface area contributed by atoms with Gasteiger partial charge in [0.1, 0.15) is 11.5 Å². The van der Waals surface area contributed by atoms with Crippen molar-refractivity contribution in [2.75, 3.05) is 49.3 Å². The van der Waals surface area contributed by atoms with E-state index >= 15 is 0 Å². The van der Waals surface area contributed by atoms with E-state index < -0.39 is 0 Å². The van der Waals surface area contributed by atoms with E-state index in [1.54, 1.807) is 7.11 Å². The summed E-state index contributed by atoms with van der Waals surface area (Å²) in [6.45, 7) is 4.35. The Bertz CT molecular complexity index is 1120. The van der Waals surface area contributed by atoms with Gasteiger partial charge in [-0.25, -0.2) is 4.98 Å². The zero-order valence-electron chi connectivity index (χ0n) is 22.2. The van der Waals surface area contributed by atoms with Crippen molar-refractivity contribution in [1.29, 1.82) is 5.41 Å². The first kappa shape index (κ1) is 27.9. The fourth-order valence-corrected chi connectivity index (χ4v) is 5.38. The number of pyridine rings is 1. The van der Waals surface area contributed by atoms with Crippen LogP contribution in [0.1, 0.15) is 55.1 Å². The standard InChI is InChI=1S/C28H38N6O3S/c1-19(35)30-13-16-38-33-28(36)23-17-24(34-14-11-20(12-15-34)18-37-2)25(26(29)21-7-6-8-21)27(32-23)31-22-9-4-3-5-10-22/h3-5,9-10,17,20-21,29H,6-8,11-16,18H2,1-2H3,(H,30,35)(H,31,32)(H,33,36). The second-order valence-electron chi connectivity index (χ2n) is 9.93. The lowest BCUT2D eigenvalue weighted by atomic mass is 9.79. The monoisotopic (exact) mass is 538 g/mol. The molecule has 4 N–H and O–H groups in total. The van der Waals surface area contributed by atoms with Crippen LogP contribution in [0.4, 0.5) is 17.2 Å². The molecule has 2 heterocycles. The van der Waals surface area contributed by atoms with E-state index in [4.69, 9.17) is 15.1 Å². The van der Waals surface area contributed by atoms with Gasteiger partial charge in [0.2, 0.25) is 5.91 Å². The lowest BCUT2D eigenvalue weighted by molar-refractivity contribution is -0.118. The summed E-state index contributed by atoms with van der Waals surface area (Å²) in [5.74, 6) is 1.41. The highest BCUT2D eigenvalue weighted by atomic mass is 32.2. The van der Waals surface area contributed by atoms with Crippen LogP contribution in [0, 0.1) is 17.2 Å². The predicted molar refractivity (Wildman–Crippen MR) is 154 cm³/mol. The van der Waals surface area contributed by atoms with Crippen molar-refractivity contribution >= 4 is 46.7 Å². The Morgan fingerprint density at radius 2 is 1.89 bits per heavy atom. The van der Waals surface area contributed by atoms with E-state index in [-0.39, 0.29) is 17.7 Å². The number of para-hydroxylation sites is 1. The molecule has 1 saturated heterocycles. The molecule has 2 amide bonds. The van der Waals surface area contributed by atoms with Gasteiger partial charge in [-0.05, 0) is 61.7 Å². The number of nitrogens with one attached hydrogen (secondary N) is 4. The fraction of sp³-hybridized carbons (Fsp3) is 0.500. The van der Waals surface area contributed by atoms with Crippen LogP contribution in [-0.2, 0) is 9.53 Å². The third kappa shape index (κ3) is 7.26. The molecular weight excluding hydrogens is 500 g/mol. The van der Waals surface area contributed by atoms with Crippen LogP contribution in [0.25, 0.3) is 0 Å². The summed E-state index contributed by atoms with van der Waals surface area (Å²) >= 11 is 1.24. The number of ether oxygens (including phenoxy) is 1. The summed E-state index contributed by atoms with van der Waals surface area (Å²) in [7, 11) is 1.74. The van der Waals surface area contributed by atoms with Crippen molar-refractivity contribution in [3.63, 3.8) is 0 Å². The molecule has 2 aliphatic rings. The smallest absolute Gasteiger partial charge is 0.279 e. The average molecular weight is 539 g/mol. The number of anilines is 3. The molecule has 2 fully saturated rings. The predicted octanol–water partition coefficient (Wildman–Crippen LogP) is 4.37. The molecule has 9 nitrogen and oxygen atoms in total. The van der Waals surface area contributed by atoms with Crippen molar-refractivity contribution in [1.82, 2.24) is 15.0 Å². The quantitative estimate of drug-likeness (QED) is 0.180. The normalized spacial score (nSPS) is 16.0. The van der Waals surface area contributed by atoms with Gasteiger partial charge in [0, 0.05) is 63.3 Å². The number of rotatable bonds is 12. The lowest BCUT2D eigenvalue weighted by Crippen LogP contribution is -2.37. The van der Waals surface area contributed by atoms with Gasteiger partial charge in [-0.3, -0.25) is 14.3 Å². The second kappa shape index (κ2) is 13.6. The summed E-state index contributed by atoms with van der Waals surface area (Å²) in [5.41, 5.74) is 3.43. The second-order valence-corrected chi connectivity index (χ2v) is 10.8. The maximum Gasteiger partial charge on any atom is 0.279 e. The highest BCUT2D eigenvalue weighted by molar-refractivity contribution is 7.97. The van der Waals surface area contributed by atoms with Gasteiger partial charge in [0.25, 0.3) is 5.91 Å². The molecule has 1 aromatic carbocycles. The Kier molecular flexibility index (Phi) is 10.0. The van der Waals surface area contributed by atoms with E-state index in [2.05, 4.69) is 20.3 Å². The van der Waals surface area contributed by atoms with Gasteiger partial charge in [-0.1, -0.05) is 24.6 Å². The molecule has 204 valence electrons. The first-order chi connectivity index (χ1) is 18.5. The van der Waals surface area contributed by atoms with Crippen LogP contribution in [0.2, 0.25) is 0 Å². The molecule has 10 heteroatoms. The minimum Gasteiger partial charge on any atom is -0.384 e. The van der Waals surface area contributed by atoms with Gasteiger partial charge in [0.05, 0.1) is 11.3 Å². The molecule has 0 bridgehead atoms. The zero-order valence-corrected chi connectivity index (χ0v) is 23.0. The maximum absolute atomic E-state index is 13.2. The number of carbonyl (C=O) groups is 2. The number of carbonyl (C=O) groups excluding carboxylic acids is 2. The molecule has 0 atom stereocenters. The van der Waals surface area contributed by atoms with Crippen molar-refractivity contribution in [2.24, 2.45) is 11.8 Å². The summed E-state index contributed by atoms with van der Waals surface area (Å²) in [6, 6.07) is 11.6. The fourth-order valence-electron chi connectivity index (χ4n) is 4.84. The molecule has 1 saturated carbocycles. The minimum absolute atomic E-state index is 0.0985. The highest BCUT2D eigenvalue weighted by Crippen LogP contribution is 2.38. The first-order valence-corrected chi connectivity index (χ1v) is 14.3. The Morgan fingerprint density at radius 1 is 1.16 bits per heavy atom. The molecule has 0 unspecified atom stereocenters. The van der Waals surface area contributed by atoms with Gasteiger partial charge in [-0.2, -0.15) is 0 Å². The molecule has 4 rings (SSSR count). The van der Waals surface area contributed by atoms with Gasteiger partial charge in [-0.15, -0.1) is 0 Å². The number of nitrogens with zero attached hydrogens (tertiary/aromatic N) is 2. The van der Waals surface area contributed by atoms with Gasteiger partial charge in [0.15, 0.2) is 0 Å². The number of piperidine rings is 1. The van der Waals surface area contributed by atoms with Crippen LogP contribution in [0.5, 0.6) is 0 Å². The lowest BCUT2D eigenvalue weighted by Gasteiger charge is -2.36. The molecule has 1 aliphatic heterocycles. The molecule has 1 aromatic heterocycles. The van der Waals surface area contributed by atoms with E-state index in [0.717, 1.165) is 68.7 Å². The largest absolute Gasteiger partial charge is 0.384 e. The third-order valence-electron chi connectivity index (χ3n) is 7.15. The van der Waals surface area contributed by atoms with Crippen LogP contribution < -0.4 is 20.3 Å². The Balaban J connectivity index is 1.66. The molecule has 0 radical (unpaired) electrons. The topological polar surface area (TPSA) is 119 Å². The Hall–Kier alpha value is -3.11. The highest BCUT2D eigenvalue weighted by Gasteiger charge is 2.31. The number of aromatic nitrogens is 1. The Morgan fingerprint density at radius 3 is 2.53 bits per heavy atom. The summed E-state index contributed by atoms with van der Waals surface area (Å²) in [4.78, 5) is 31.4. The first-order valence-electron chi connectivity index (χ1n) is 13.3. The van der Waals surface area contributed by atoms with E-state index in [0.29, 0.717) is 35.4 Å². The number of benzene rings is 1. The van der Waals surface area contributed by atoms with Crippen molar-refractivity contribution in [3.8, 4) is 0 Å². The minimum atomic E-state index is -0.300. The summed E-state index contributed by atoms with van der Waals surface area (Å²) in [6.07, 6.45) is 5.14. The summed E-state index contributed by atoms with van der Waals surface area (Å²) < 4.78 is 8.25. The van der Waals surface area contributed by atoms with Crippen LogP contribution >= 0.6 is 11.9 Å². The number of hydrogen-bond acceptors (Lipinski definition) is 8.